The highest BCUT2D eigenvalue weighted by Crippen LogP contribution is 2.24. The lowest BCUT2D eigenvalue weighted by atomic mass is 9.89. The molecule has 0 N–H and O–H groups in total. The van der Waals surface area contributed by atoms with E-state index in [1.165, 1.54) is 18.6 Å². The molecule has 0 spiro atoms. The lowest BCUT2D eigenvalue weighted by Crippen LogP contribution is -2.29. The molecular formula is C19H23ClN2O4S2. The van der Waals surface area contributed by atoms with Crippen molar-refractivity contribution in [2.45, 2.75) is 32.1 Å². The molecule has 0 atom stereocenters. The van der Waals surface area contributed by atoms with Gasteiger partial charge >= 0.3 is 4.38 Å². The van der Waals surface area contributed by atoms with Crippen LogP contribution in [0.15, 0.2) is 48.6 Å². The molecule has 0 aromatic heterocycles. The van der Waals surface area contributed by atoms with E-state index in [-0.39, 0.29) is 5.03 Å². The first kappa shape index (κ1) is 22.6. The van der Waals surface area contributed by atoms with Crippen LogP contribution < -0.4 is 0 Å². The minimum atomic E-state index is -4.37. The zero-order chi connectivity index (χ0) is 20.6. The van der Waals surface area contributed by atoms with Crippen LogP contribution in [0.1, 0.15) is 37.7 Å². The van der Waals surface area contributed by atoms with E-state index in [9.17, 15) is 16.8 Å². The molecule has 0 bridgehead atoms. The average molecular weight is 443 g/mol. The van der Waals surface area contributed by atoms with E-state index in [0.717, 1.165) is 25.7 Å². The fraction of sp³-hybridized carbons (Fsp3) is 0.421. The third-order valence-corrected chi connectivity index (χ3v) is 8.88. The number of sulfone groups is 2. The van der Waals surface area contributed by atoms with E-state index in [2.05, 4.69) is 4.79 Å². The van der Waals surface area contributed by atoms with Gasteiger partial charge in [0.15, 0.2) is 0 Å². The van der Waals surface area contributed by atoms with Gasteiger partial charge in [0, 0.05) is 5.03 Å². The second-order valence-electron chi connectivity index (χ2n) is 6.67. The largest absolute Gasteiger partial charge is 0.495 e. The summed E-state index contributed by atoms with van der Waals surface area (Å²) in [6.07, 6.45) is 9.83. The quantitative estimate of drug-likeness (QED) is 0.219. The molecule has 0 aliphatic heterocycles. The molecule has 152 valence electrons. The topological polar surface area (TPSA) is 105 Å². The smallest absolute Gasteiger partial charge is 0.359 e. The molecule has 2 rings (SSSR count). The molecule has 0 radical (unpaired) electrons. The molecule has 0 amide bonds. The van der Waals surface area contributed by atoms with Gasteiger partial charge in [-0.1, -0.05) is 73.3 Å². The Bertz CT molecular complexity index is 988. The molecule has 28 heavy (non-hydrogen) atoms. The summed E-state index contributed by atoms with van der Waals surface area (Å²) in [5.74, 6) is -0.910. The van der Waals surface area contributed by atoms with Gasteiger partial charge in [0.1, 0.15) is 0 Å². The van der Waals surface area contributed by atoms with Gasteiger partial charge in [-0.3, -0.25) is 0 Å². The number of halogens is 1. The second-order valence-corrected chi connectivity index (χ2v) is 11.2. The van der Waals surface area contributed by atoms with Crippen LogP contribution >= 0.6 is 11.6 Å². The molecule has 6 nitrogen and oxygen atoms in total. The van der Waals surface area contributed by atoms with Crippen LogP contribution in [0, 0.1) is 5.92 Å². The Morgan fingerprint density at radius 3 is 2.25 bits per heavy atom. The Kier molecular flexibility index (Phi) is 8.19. The van der Waals surface area contributed by atoms with Gasteiger partial charge in [0.2, 0.25) is 0 Å². The molecule has 1 aliphatic carbocycles. The highest BCUT2D eigenvalue weighted by molar-refractivity contribution is 8.31. The SMILES string of the molecule is [N-]=[N+]=C(S(=O)(=O)CC=CC1CCCCC1)S(=O)(=O)CC=C(Cl)c1ccccc1. The first-order valence-corrected chi connectivity index (χ1v) is 12.7. The van der Waals surface area contributed by atoms with Crippen LogP contribution in [-0.4, -0.2) is 37.5 Å². The monoisotopic (exact) mass is 442 g/mol. The Hall–Kier alpha value is -1.73. The van der Waals surface area contributed by atoms with Gasteiger partial charge in [-0.25, -0.2) is 16.8 Å². The van der Waals surface area contributed by atoms with Crippen molar-refractivity contribution in [1.29, 1.82) is 0 Å². The minimum Gasteiger partial charge on any atom is -0.359 e. The average Bonchev–Trinajstić information content (AvgIpc) is 2.67. The Morgan fingerprint density at radius 1 is 1.04 bits per heavy atom. The summed E-state index contributed by atoms with van der Waals surface area (Å²) in [6, 6.07) is 8.65. The zero-order valence-corrected chi connectivity index (χ0v) is 17.8. The molecule has 0 heterocycles. The molecule has 1 aliphatic rings. The Balaban J connectivity index is 2.10. The van der Waals surface area contributed by atoms with Crippen molar-refractivity contribution >= 4 is 40.7 Å². The van der Waals surface area contributed by atoms with Crippen molar-refractivity contribution in [3.8, 4) is 0 Å². The van der Waals surface area contributed by atoms with Gasteiger partial charge < -0.3 is 5.53 Å². The van der Waals surface area contributed by atoms with Crippen molar-refractivity contribution in [2.24, 2.45) is 5.92 Å². The van der Waals surface area contributed by atoms with Crippen LogP contribution in [0.2, 0.25) is 0 Å². The molecule has 0 saturated heterocycles. The number of hydrogen-bond acceptors (Lipinski definition) is 4. The van der Waals surface area contributed by atoms with Crippen molar-refractivity contribution in [2.75, 3.05) is 11.5 Å². The van der Waals surface area contributed by atoms with E-state index >= 15 is 0 Å². The number of hydrogen-bond donors (Lipinski definition) is 0. The lowest BCUT2D eigenvalue weighted by molar-refractivity contribution is 0.00385. The summed E-state index contributed by atoms with van der Waals surface area (Å²) in [7, 11) is -8.66. The van der Waals surface area contributed by atoms with E-state index in [0.29, 0.717) is 11.5 Å². The maximum Gasteiger partial charge on any atom is 0.495 e. The zero-order valence-electron chi connectivity index (χ0n) is 15.4. The number of allylic oxidation sites excluding steroid dienone is 1. The van der Waals surface area contributed by atoms with E-state index < -0.39 is 35.6 Å². The van der Waals surface area contributed by atoms with Crippen molar-refractivity contribution in [3.63, 3.8) is 0 Å². The minimum absolute atomic E-state index is 0.163. The van der Waals surface area contributed by atoms with Gasteiger partial charge in [-0.15, -0.1) is 4.79 Å². The molecular weight excluding hydrogens is 420 g/mol. The number of rotatable bonds is 6. The van der Waals surface area contributed by atoms with Crippen molar-refractivity contribution < 1.29 is 21.6 Å². The van der Waals surface area contributed by atoms with Crippen molar-refractivity contribution in [3.05, 3.63) is 59.7 Å². The fourth-order valence-corrected chi connectivity index (χ4v) is 6.59. The number of benzene rings is 1. The lowest BCUT2D eigenvalue weighted by Gasteiger charge is -2.17. The molecule has 0 unspecified atom stereocenters. The van der Waals surface area contributed by atoms with E-state index in [4.69, 9.17) is 17.1 Å². The number of nitrogens with zero attached hydrogens (tertiary/aromatic N) is 2. The first-order valence-electron chi connectivity index (χ1n) is 9.01. The summed E-state index contributed by atoms with van der Waals surface area (Å²) in [5.41, 5.74) is 9.68. The molecule has 1 fully saturated rings. The van der Waals surface area contributed by atoms with E-state index in [1.54, 1.807) is 30.3 Å². The molecule has 1 aromatic rings. The fourth-order valence-electron chi connectivity index (χ4n) is 3.06. The third-order valence-electron chi connectivity index (χ3n) is 4.52. The Morgan fingerprint density at radius 2 is 1.64 bits per heavy atom. The van der Waals surface area contributed by atoms with Gasteiger partial charge in [0.05, 0.1) is 11.5 Å². The van der Waals surface area contributed by atoms with Crippen LogP contribution in [-0.2, 0) is 19.7 Å². The highest BCUT2D eigenvalue weighted by atomic mass is 35.5. The summed E-state index contributed by atoms with van der Waals surface area (Å²) >= 11 is 6.08. The molecule has 1 aromatic carbocycles. The van der Waals surface area contributed by atoms with Gasteiger partial charge in [0.25, 0.3) is 19.7 Å². The van der Waals surface area contributed by atoms with Crippen LogP contribution in [0.4, 0.5) is 0 Å². The highest BCUT2D eigenvalue weighted by Gasteiger charge is 2.40. The van der Waals surface area contributed by atoms with Gasteiger partial charge in [-0.2, -0.15) is 0 Å². The first-order chi connectivity index (χ1) is 13.3. The van der Waals surface area contributed by atoms with Crippen LogP contribution in [0.25, 0.3) is 10.6 Å². The Labute approximate surface area is 171 Å². The predicted molar refractivity (Wildman–Crippen MR) is 112 cm³/mol. The standard InChI is InChI=1S/C19H23ClN2O4S2/c20-18(17-11-5-2-6-12-17)13-15-28(25,26)19(22-21)27(23,24)14-7-10-16-8-3-1-4-9-16/h2,5-7,10-13,16H,1,3-4,8-9,14-15H2. The summed E-state index contributed by atoms with van der Waals surface area (Å²) in [4.78, 5) is 2.58. The van der Waals surface area contributed by atoms with E-state index in [1.807, 2.05) is 6.08 Å². The maximum atomic E-state index is 12.4. The van der Waals surface area contributed by atoms with Gasteiger partial charge in [-0.05, 0) is 30.4 Å². The van der Waals surface area contributed by atoms with Crippen LogP contribution in [0.3, 0.4) is 0 Å². The van der Waals surface area contributed by atoms with Crippen LogP contribution in [0.5, 0.6) is 0 Å². The molecule has 1 saturated carbocycles. The van der Waals surface area contributed by atoms with Crippen molar-refractivity contribution in [1.82, 2.24) is 0 Å². The summed E-state index contributed by atoms with van der Waals surface area (Å²) in [5, 5.41) is 0.163. The normalized spacial score (nSPS) is 16.8. The third kappa shape index (κ3) is 6.41. The molecule has 9 heteroatoms. The summed E-state index contributed by atoms with van der Waals surface area (Å²) < 4.78 is 48.4. The second kappa shape index (κ2) is 10.2. The summed E-state index contributed by atoms with van der Waals surface area (Å²) in [6.45, 7) is 0. The maximum absolute atomic E-state index is 12.4. The predicted octanol–water partition coefficient (Wildman–Crippen LogP) is 3.82.